The van der Waals surface area contributed by atoms with Crippen molar-refractivity contribution in [2.75, 3.05) is 6.54 Å². The zero-order valence-electron chi connectivity index (χ0n) is 12.2. The Labute approximate surface area is 120 Å². The Balaban J connectivity index is 1.74. The third-order valence-corrected chi connectivity index (χ3v) is 5.12. The second-order valence-electron chi connectivity index (χ2n) is 6.41. The maximum atomic E-state index is 4.96. The van der Waals surface area contributed by atoms with Crippen molar-refractivity contribution in [2.45, 2.75) is 50.5 Å². The Bertz CT molecular complexity index is 616. The first kappa shape index (κ1) is 12.4. The largest absolute Gasteiger partial charge is 0.331 e. The number of rotatable bonds is 2. The summed E-state index contributed by atoms with van der Waals surface area (Å²) in [4.78, 5) is 4.96. The minimum absolute atomic E-state index is 0.538. The van der Waals surface area contributed by atoms with Crippen molar-refractivity contribution in [3.05, 3.63) is 29.6 Å². The third-order valence-electron chi connectivity index (χ3n) is 5.12. The number of nitrogens with zero attached hydrogens (tertiary/aromatic N) is 2. The van der Waals surface area contributed by atoms with E-state index in [4.69, 9.17) is 4.98 Å². The van der Waals surface area contributed by atoms with Crippen LogP contribution in [0.4, 0.5) is 0 Å². The van der Waals surface area contributed by atoms with E-state index in [-0.39, 0.29) is 0 Å². The second-order valence-corrected chi connectivity index (χ2v) is 6.41. The van der Waals surface area contributed by atoms with E-state index < -0.39 is 0 Å². The van der Waals surface area contributed by atoms with Crippen molar-refractivity contribution in [3.63, 3.8) is 0 Å². The molecule has 4 rings (SSSR count). The van der Waals surface area contributed by atoms with Crippen LogP contribution in [0.15, 0.2) is 18.2 Å². The molecule has 106 valence electrons. The summed E-state index contributed by atoms with van der Waals surface area (Å²) < 4.78 is 2.32. The highest BCUT2D eigenvalue weighted by Crippen LogP contribution is 2.35. The number of aromatic nitrogens is 2. The SMILES string of the molecule is Cn1c(C2CCCC2)nc2cc(C3CCCN3)ccc21. The molecule has 2 aliphatic rings. The molecule has 1 unspecified atom stereocenters. The number of aryl methyl sites for hydroxylation is 1. The topological polar surface area (TPSA) is 29.9 Å². The molecule has 0 bridgehead atoms. The van der Waals surface area contributed by atoms with Gasteiger partial charge < -0.3 is 9.88 Å². The predicted molar refractivity (Wildman–Crippen MR) is 81.9 cm³/mol. The van der Waals surface area contributed by atoms with E-state index in [1.54, 1.807) is 0 Å². The molecule has 0 spiro atoms. The van der Waals surface area contributed by atoms with Gasteiger partial charge in [-0.2, -0.15) is 0 Å². The fourth-order valence-electron chi connectivity index (χ4n) is 3.97. The van der Waals surface area contributed by atoms with Crippen molar-refractivity contribution in [2.24, 2.45) is 7.05 Å². The van der Waals surface area contributed by atoms with Gasteiger partial charge in [0, 0.05) is 19.0 Å². The number of nitrogens with one attached hydrogen (secondary N) is 1. The first-order valence-corrected chi connectivity index (χ1v) is 8.02. The van der Waals surface area contributed by atoms with E-state index in [0.717, 1.165) is 6.54 Å². The Kier molecular flexibility index (Phi) is 3.03. The van der Waals surface area contributed by atoms with Gasteiger partial charge in [-0.15, -0.1) is 0 Å². The summed E-state index contributed by atoms with van der Waals surface area (Å²) in [7, 11) is 2.18. The van der Waals surface area contributed by atoms with Crippen LogP contribution in [0.1, 0.15) is 61.9 Å². The molecule has 1 aliphatic heterocycles. The standard InChI is InChI=1S/C17H23N3/c1-20-16-9-8-13(14-7-4-10-18-14)11-15(16)19-17(20)12-5-2-3-6-12/h8-9,11-12,14,18H,2-7,10H2,1H3. The molecule has 0 amide bonds. The van der Waals surface area contributed by atoms with Gasteiger partial charge in [-0.05, 0) is 49.9 Å². The molecular formula is C17H23N3. The lowest BCUT2D eigenvalue weighted by Gasteiger charge is -2.10. The molecular weight excluding hydrogens is 246 g/mol. The van der Waals surface area contributed by atoms with Crippen LogP contribution in [0.25, 0.3) is 11.0 Å². The molecule has 1 atom stereocenters. The van der Waals surface area contributed by atoms with Crippen LogP contribution in [-0.2, 0) is 7.05 Å². The number of hydrogen-bond acceptors (Lipinski definition) is 2. The van der Waals surface area contributed by atoms with E-state index in [0.29, 0.717) is 12.0 Å². The smallest absolute Gasteiger partial charge is 0.112 e. The van der Waals surface area contributed by atoms with Gasteiger partial charge in [0.2, 0.25) is 0 Å². The van der Waals surface area contributed by atoms with Gasteiger partial charge in [-0.25, -0.2) is 4.98 Å². The first-order chi connectivity index (χ1) is 9.83. The molecule has 0 radical (unpaired) electrons. The summed E-state index contributed by atoms with van der Waals surface area (Å²) in [6.45, 7) is 1.15. The fraction of sp³-hybridized carbons (Fsp3) is 0.588. The molecule has 2 aromatic rings. The van der Waals surface area contributed by atoms with Gasteiger partial charge in [0.05, 0.1) is 11.0 Å². The van der Waals surface area contributed by atoms with Crippen molar-refractivity contribution in [3.8, 4) is 0 Å². The number of fused-ring (bicyclic) bond motifs is 1. The summed E-state index contributed by atoms with van der Waals surface area (Å²) in [6, 6.07) is 7.38. The van der Waals surface area contributed by atoms with Gasteiger partial charge in [0.1, 0.15) is 5.82 Å². The minimum atomic E-state index is 0.538. The molecule has 3 heteroatoms. The molecule has 1 saturated heterocycles. The van der Waals surface area contributed by atoms with Crippen LogP contribution in [-0.4, -0.2) is 16.1 Å². The summed E-state index contributed by atoms with van der Waals surface area (Å²) in [5.41, 5.74) is 3.88. The van der Waals surface area contributed by atoms with Crippen LogP contribution in [0.5, 0.6) is 0 Å². The van der Waals surface area contributed by atoms with Gasteiger partial charge >= 0.3 is 0 Å². The molecule has 1 aromatic carbocycles. The number of imidazole rings is 1. The van der Waals surface area contributed by atoms with E-state index in [1.807, 2.05) is 0 Å². The van der Waals surface area contributed by atoms with Gasteiger partial charge in [-0.1, -0.05) is 18.9 Å². The van der Waals surface area contributed by atoms with Gasteiger partial charge in [0.15, 0.2) is 0 Å². The van der Waals surface area contributed by atoms with Crippen molar-refractivity contribution in [1.29, 1.82) is 0 Å². The van der Waals surface area contributed by atoms with E-state index in [1.165, 1.54) is 60.9 Å². The van der Waals surface area contributed by atoms with Crippen molar-refractivity contribution < 1.29 is 0 Å². The lowest BCUT2D eigenvalue weighted by molar-refractivity contribution is 0.639. The van der Waals surface area contributed by atoms with Crippen molar-refractivity contribution in [1.82, 2.24) is 14.9 Å². The minimum Gasteiger partial charge on any atom is -0.331 e. The number of benzene rings is 1. The highest BCUT2D eigenvalue weighted by molar-refractivity contribution is 5.77. The average Bonchev–Trinajstić information content (AvgIpc) is 3.19. The van der Waals surface area contributed by atoms with E-state index >= 15 is 0 Å². The Morgan fingerprint density at radius 3 is 2.75 bits per heavy atom. The summed E-state index contributed by atoms with van der Waals surface area (Å²) in [5.74, 6) is 1.98. The monoisotopic (exact) mass is 269 g/mol. The molecule has 2 fully saturated rings. The number of hydrogen-bond donors (Lipinski definition) is 1. The summed E-state index contributed by atoms with van der Waals surface area (Å²) >= 11 is 0. The highest BCUT2D eigenvalue weighted by Gasteiger charge is 2.23. The Morgan fingerprint density at radius 1 is 1.15 bits per heavy atom. The summed E-state index contributed by atoms with van der Waals surface area (Å²) in [6.07, 6.45) is 7.91. The zero-order valence-corrected chi connectivity index (χ0v) is 12.2. The van der Waals surface area contributed by atoms with Crippen LogP contribution >= 0.6 is 0 Å². The molecule has 1 aliphatic carbocycles. The highest BCUT2D eigenvalue weighted by atomic mass is 15.1. The molecule has 3 nitrogen and oxygen atoms in total. The first-order valence-electron chi connectivity index (χ1n) is 8.02. The Morgan fingerprint density at radius 2 is 2.00 bits per heavy atom. The lowest BCUT2D eigenvalue weighted by Crippen LogP contribution is -2.12. The van der Waals surface area contributed by atoms with Crippen LogP contribution in [0, 0.1) is 0 Å². The third kappa shape index (κ3) is 1.96. The zero-order chi connectivity index (χ0) is 13.5. The lowest BCUT2D eigenvalue weighted by atomic mass is 10.0. The quantitative estimate of drug-likeness (QED) is 0.901. The maximum Gasteiger partial charge on any atom is 0.112 e. The fourth-order valence-corrected chi connectivity index (χ4v) is 3.97. The van der Waals surface area contributed by atoms with E-state index in [2.05, 4.69) is 35.1 Å². The molecule has 2 heterocycles. The summed E-state index contributed by atoms with van der Waals surface area (Å²) in [5, 5.41) is 3.58. The van der Waals surface area contributed by atoms with E-state index in [9.17, 15) is 0 Å². The molecule has 1 N–H and O–H groups in total. The van der Waals surface area contributed by atoms with Crippen molar-refractivity contribution >= 4 is 11.0 Å². The van der Waals surface area contributed by atoms with Crippen LogP contribution in [0.2, 0.25) is 0 Å². The maximum absolute atomic E-state index is 4.96. The Hall–Kier alpha value is -1.35. The van der Waals surface area contributed by atoms with Gasteiger partial charge in [0.25, 0.3) is 0 Å². The second kappa shape index (κ2) is 4.88. The van der Waals surface area contributed by atoms with Crippen LogP contribution in [0.3, 0.4) is 0 Å². The molecule has 20 heavy (non-hydrogen) atoms. The van der Waals surface area contributed by atoms with Gasteiger partial charge in [-0.3, -0.25) is 0 Å². The van der Waals surface area contributed by atoms with Crippen LogP contribution < -0.4 is 5.32 Å². The molecule has 1 saturated carbocycles. The molecule has 1 aromatic heterocycles. The predicted octanol–water partition coefficient (Wildman–Crippen LogP) is 3.66. The average molecular weight is 269 g/mol. The normalized spacial score (nSPS) is 23.9.